The van der Waals surface area contributed by atoms with Gasteiger partial charge >= 0.3 is 5.97 Å². The third-order valence-corrected chi connectivity index (χ3v) is 3.13. The van der Waals surface area contributed by atoms with Crippen LogP contribution in [0.2, 0.25) is 0 Å². The summed E-state index contributed by atoms with van der Waals surface area (Å²) in [6, 6.07) is -0.867. The lowest BCUT2D eigenvalue weighted by Gasteiger charge is -2.27. The maximum Gasteiger partial charge on any atom is 0.326 e. The molecule has 1 fully saturated rings. The van der Waals surface area contributed by atoms with E-state index in [1.165, 1.54) is 0 Å². The van der Waals surface area contributed by atoms with E-state index in [2.05, 4.69) is 5.32 Å². The maximum atomic E-state index is 11.9. The molecule has 2 atom stereocenters. The number of amides is 1. The molecule has 0 spiro atoms. The number of nitrogens with one attached hydrogen (secondary N) is 1. The number of hydrogen-bond donors (Lipinski definition) is 3. The zero-order valence-corrected chi connectivity index (χ0v) is 9.99. The first-order chi connectivity index (χ1) is 7.26. The normalized spacial score (nSPS) is 21.3. The third-order valence-electron chi connectivity index (χ3n) is 3.13. The van der Waals surface area contributed by atoms with Crippen molar-refractivity contribution >= 4 is 11.9 Å². The minimum absolute atomic E-state index is 0.156. The van der Waals surface area contributed by atoms with Crippen molar-refractivity contribution < 1.29 is 14.7 Å². The molecule has 0 aromatic rings. The zero-order chi connectivity index (χ0) is 12.5. The molecule has 1 aliphatic rings. The fourth-order valence-electron chi connectivity index (χ4n) is 1.68. The summed E-state index contributed by atoms with van der Waals surface area (Å²) in [7, 11) is 0. The van der Waals surface area contributed by atoms with Crippen molar-refractivity contribution in [2.45, 2.75) is 45.2 Å². The molecule has 16 heavy (non-hydrogen) atoms. The van der Waals surface area contributed by atoms with Crippen molar-refractivity contribution in [3.63, 3.8) is 0 Å². The lowest BCUT2D eigenvalue weighted by Crippen LogP contribution is -2.58. The van der Waals surface area contributed by atoms with Crippen LogP contribution in [0.1, 0.15) is 33.6 Å². The van der Waals surface area contributed by atoms with Crippen LogP contribution in [0.15, 0.2) is 0 Å². The number of hydrogen-bond acceptors (Lipinski definition) is 3. The highest BCUT2D eigenvalue weighted by Crippen LogP contribution is 2.38. The molecule has 92 valence electrons. The Balaban J connectivity index is 2.64. The molecular weight excluding hydrogens is 208 g/mol. The van der Waals surface area contributed by atoms with Gasteiger partial charge in [-0.15, -0.1) is 0 Å². The molecular formula is C11H20N2O3. The van der Waals surface area contributed by atoms with E-state index in [4.69, 9.17) is 10.8 Å². The molecule has 0 aliphatic heterocycles. The van der Waals surface area contributed by atoms with Gasteiger partial charge in [0, 0.05) is 0 Å². The van der Waals surface area contributed by atoms with Crippen molar-refractivity contribution in [2.24, 2.45) is 17.6 Å². The molecule has 5 heteroatoms. The summed E-state index contributed by atoms with van der Waals surface area (Å²) in [5.41, 5.74) is 4.97. The second-order valence-corrected chi connectivity index (χ2v) is 5.09. The third kappa shape index (κ3) is 2.72. The second-order valence-electron chi connectivity index (χ2n) is 5.09. The molecule has 5 nitrogen and oxygen atoms in total. The predicted molar refractivity (Wildman–Crippen MR) is 59.7 cm³/mol. The van der Waals surface area contributed by atoms with Crippen molar-refractivity contribution in [1.82, 2.24) is 5.32 Å². The Hall–Kier alpha value is -1.10. The molecule has 0 heterocycles. The van der Waals surface area contributed by atoms with Crippen molar-refractivity contribution in [2.75, 3.05) is 0 Å². The number of carbonyl (C=O) groups excluding carboxylic acids is 1. The molecule has 0 bridgehead atoms. The zero-order valence-electron chi connectivity index (χ0n) is 9.99. The highest BCUT2D eigenvalue weighted by Gasteiger charge is 2.45. The largest absolute Gasteiger partial charge is 0.480 e. The van der Waals surface area contributed by atoms with Crippen molar-refractivity contribution in [3.05, 3.63) is 0 Å². The Kier molecular flexibility index (Phi) is 3.57. The highest BCUT2D eigenvalue weighted by molar-refractivity contribution is 5.90. The monoisotopic (exact) mass is 228 g/mol. The van der Waals surface area contributed by atoms with Crippen LogP contribution in [0.4, 0.5) is 0 Å². The number of aliphatic carboxylic acids is 1. The molecule has 0 aromatic carbocycles. The molecule has 1 saturated carbocycles. The Morgan fingerprint density at radius 3 is 2.25 bits per heavy atom. The lowest BCUT2D eigenvalue weighted by atomic mass is 9.94. The summed E-state index contributed by atoms with van der Waals surface area (Å²) in [6.45, 7) is 5.17. The molecule has 1 rings (SSSR count). The molecule has 0 saturated heterocycles. The Morgan fingerprint density at radius 2 is 1.94 bits per heavy atom. The number of carboxylic acid groups (broad SMARTS) is 1. The van der Waals surface area contributed by atoms with Crippen molar-refractivity contribution in [3.8, 4) is 0 Å². The van der Waals surface area contributed by atoms with E-state index in [9.17, 15) is 9.59 Å². The van der Waals surface area contributed by atoms with E-state index >= 15 is 0 Å². The van der Waals surface area contributed by atoms with Crippen LogP contribution in [-0.4, -0.2) is 28.6 Å². The van der Waals surface area contributed by atoms with Gasteiger partial charge in [0.1, 0.15) is 6.04 Å². The van der Waals surface area contributed by atoms with Gasteiger partial charge < -0.3 is 16.2 Å². The first-order valence-electron chi connectivity index (χ1n) is 5.59. The molecule has 1 unspecified atom stereocenters. The lowest BCUT2D eigenvalue weighted by molar-refractivity contribution is -0.144. The number of carbonyl (C=O) groups is 2. The molecule has 1 aliphatic carbocycles. The van der Waals surface area contributed by atoms with E-state index in [-0.39, 0.29) is 17.7 Å². The summed E-state index contributed by atoms with van der Waals surface area (Å²) in [5, 5.41) is 11.5. The number of rotatable bonds is 5. The average molecular weight is 228 g/mol. The minimum atomic E-state index is -1.02. The van der Waals surface area contributed by atoms with Gasteiger partial charge in [-0.3, -0.25) is 4.79 Å². The molecule has 1 amide bonds. The summed E-state index contributed by atoms with van der Waals surface area (Å²) in [6.07, 6.45) is 1.89. The van der Waals surface area contributed by atoms with Gasteiger partial charge in [0.2, 0.25) is 5.91 Å². The van der Waals surface area contributed by atoms with Crippen LogP contribution >= 0.6 is 0 Å². The van der Waals surface area contributed by atoms with Crippen LogP contribution < -0.4 is 11.1 Å². The van der Waals surface area contributed by atoms with Gasteiger partial charge in [-0.25, -0.2) is 4.79 Å². The summed E-state index contributed by atoms with van der Waals surface area (Å²) in [4.78, 5) is 22.8. The fourth-order valence-corrected chi connectivity index (χ4v) is 1.68. The molecule has 4 N–H and O–H groups in total. The SMILES string of the molecule is CC(C)[C@H](NC(=O)C(C)(N)C1CC1)C(=O)O. The van der Waals surface area contributed by atoms with Gasteiger partial charge in [0.05, 0.1) is 5.54 Å². The maximum absolute atomic E-state index is 11.9. The van der Waals surface area contributed by atoms with Gasteiger partial charge in [0.25, 0.3) is 0 Å². The van der Waals surface area contributed by atoms with Crippen LogP contribution in [0.5, 0.6) is 0 Å². The second kappa shape index (κ2) is 4.41. The number of nitrogens with two attached hydrogens (primary N) is 1. The quantitative estimate of drug-likeness (QED) is 0.632. The number of carboxylic acids is 1. The fraction of sp³-hybridized carbons (Fsp3) is 0.818. The van der Waals surface area contributed by atoms with E-state index in [0.717, 1.165) is 12.8 Å². The standard InChI is InChI=1S/C11H20N2O3/c1-6(2)8(9(14)15)13-10(16)11(3,12)7-4-5-7/h6-8H,4-5,12H2,1-3H3,(H,13,16)(H,14,15)/t8-,11?/m0/s1. The van der Waals surface area contributed by atoms with E-state index in [1.807, 2.05) is 0 Å². The van der Waals surface area contributed by atoms with Crippen LogP contribution in [-0.2, 0) is 9.59 Å². The molecule has 0 aromatic heterocycles. The average Bonchev–Trinajstić information content (AvgIpc) is 2.95. The van der Waals surface area contributed by atoms with E-state index in [1.54, 1.807) is 20.8 Å². The predicted octanol–water partition coefficient (Wildman–Crippen LogP) is 0.339. The molecule has 0 radical (unpaired) electrons. The van der Waals surface area contributed by atoms with Gasteiger partial charge in [-0.2, -0.15) is 0 Å². The van der Waals surface area contributed by atoms with E-state index < -0.39 is 17.6 Å². The van der Waals surface area contributed by atoms with Crippen molar-refractivity contribution in [1.29, 1.82) is 0 Å². The minimum Gasteiger partial charge on any atom is -0.480 e. The topological polar surface area (TPSA) is 92.4 Å². The highest BCUT2D eigenvalue weighted by atomic mass is 16.4. The van der Waals surface area contributed by atoms with Crippen LogP contribution in [0, 0.1) is 11.8 Å². The summed E-state index contributed by atoms with van der Waals surface area (Å²) >= 11 is 0. The summed E-state index contributed by atoms with van der Waals surface area (Å²) in [5.74, 6) is -1.35. The Bertz CT molecular complexity index is 296. The first kappa shape index (κ1) is 13.0. The van der Waals surface area contributed by atoms with E-state index in [0.29, 0.717) is 0 Å². The Morgan fingerprint density at radius 1 is 1.44 bits per heavy atom. The van der Waals surface area contributed by atoms with Gasteiger partial charge in [-0.05, 0) is 31.6 Å². The van der Waals surface area contributed by atoms with Crippen LogP contribution in [0.3, 0.4) is 0 Å². The van der Waals surface area contributed by atoms with Gasteiger partial charge in [0.15, 0.2) is 0 Å². The summed E-state index contributed by atoms with van der Waals surface area (Å²) < 4.78 is 0. The van der Waals surface area contributed by atoms with Crippen LogP contribution in [0.25, 0.3) is 0 Å². The first-order valence-corrected chi connectivity index (χ1v) is 5.59. The van der Waals surface area contributed by atoms with Gasteiger partial charge in [-0.1, -0.05) is 13.8 Å². The smallest absolute Gasteiger partial charge is 0.326 e. The Labute approximate surface area is 95.4 Å².